The van der Waals surface area contributed by atoms with Gasteiger partial charge >= 0.3 is 6.09 Å². The lowest BCUT2D eigenvalue weighted by molar-refractivity contribution is 0.197. The minimum Gasteiger partial charge on any atom is -0.464 e. The predicted octanol–water partition coefficient (Wildman–Crippen LogP) is 2.52. The third-order valence-corrected chi connectivity index (χ3v) is 2.44. The molecule has 5 heteroatoms. The molecule has 2 rings (SSSR count). The molecule has 1 aromatic carbocycles. The van der Waals surface area contributed by atoms with E-state index in [1.807, 2.05) is 6.92 Å². The van der Waals surface area contributed by atoms with Crippen LogP contribution in [0.15, 0.2) is 18.5 Å². The maximum absolute atomic E-state index is 10.8. The number of aryl methyl sites for hydroxylation is 1. The van der Waals surface area contributed by atoms with Crippen molar-refractivity contribution in [1.29, 1.82) is 0 Å². The van der Waals surface area contributed by atoms with Gasteiger partial charge in [-0.25, -0.2) is 14.3 Å². The topological polar surface area (TPSA) is 55.1 Å². The highest BCUT2D eigenvalue weighted by atomic mass is 35.5. The lowest BCUT2D eigenvalue weighted by Gasteiger charge is -1.99. The molecular formula is C9H7ClN2O2. The summed E-state index contributed by atoms with van der Waals surface area (Å²) in [5.74, 6) is 0. The summed E-state index contributed by atoms with van der Waals surface area (Å²) in [5.41, 5.74) is 1.98. The fraction of sp³-hybridized carbons (Fsp3) is 0.111. The minimum absolute atomic E-state index is 0.555. The minimum atomic E-state index is -1.05. The molecule has 0 aliphatic carbocycles. The summed E-state index contributed by atoms with van der Waals surface area (Å²) in [5, 5.41) is 9.41. The summed E-state index contributed by atoms with van der Waals surface area (Å²) >= 11 is 5.88. The van der Waals surface area contributed by atoms with Crippen molar-refractivity contribution in [2.75, 3.05) is 0 Å². The van der Waals surface area contributed by atoms with Crippen LogP contribution < -0.4 is 0 Å². The van der Waals surface area contributed by atoms with Gasteiger partial charge in [0.2, 0.25) is 0 Å². The maximum Gasteiger partial charge on any atom is 0.417 e. The van der Waals surface area contributed by atoms with Gasteiger partial charge in [-0.15, -0.1) is 0 Å². The lowest BCUT2D eigenvalue weighted by Crippen LogP contribution is -2.05. The molecule has 0 saturated carbocycles. The molecule has 0 spiro atoms. The Kier molecular flexibility index (Phi) is 1.93. The normalized spacial score (nSPS) is 10.7. The summed E-state index contributed by atoms with van der Waals surface area (Å²) in [7, 11) is 0. The van der Waals surface area contributed by atoms with Gasteiger partial charge in [0.1, 0.15) is 6.33 Å². The Bertz CT molecular complexity index is 519. The Labute approximate surface area is 84.7 Å². The first-order chi connectivity index (χ1) is 6.59. The van der Waals surface area contributed by atoms with E-state index in [1.165, 1.54) is 6.33 Å². The monoisotopic (exact) mass is 210 g/mol. The van der Waals surface area contributed by atoms with E-state index in [0.717, 1.165) is 10.1 Å². The molecule has 72 valence electrons. The van der Waals surface area contributed by atoms with Gasteiger partial charge in [0.25, 0.3) is 0 Å². The molecule has 0 unspecified atom stereocenters. The van der Waals surface area contributed by atoms with Crippen molar-refractivity contribution in [2.24, 2.45) is 0 Å². The number of nitrogens with zero attached hydrogens (tertiary/aromatic N) is 2. The average molecular weight is 211 g/mol. The number of hydrogen-bond acceptors (Lipinski definition) is 2. The van der Waals surface area contributed by atoms with Gasteiger partial charge in [0.15, 0.2) is 0 Å². The van der Waals surface area contributed by atoms with Crippen LogP contribution in [0.4, 0.5) is 4.79 Å². The number of benzene rings is 1. The Morgan fingerprint density at radius 3 is 2.93 bits per heavy atom. The van der Waals surface area contributed by atoms with Gasteiger partial charge < -0.3 is 5.11 Å². The SMILES string of the molecule is Cc1cc2c(cc1Cl)ncn2C(=O)O. The van der Waals surface area contributed by atoms with Crippen LogP contribution in [0.1, 0.15) is 5.56 Å². The van der Waals surface area contributed by atoms with E-state index in [0.29, 0.717) is 16.1 Å². The first-order valence-corrected chi connectivity index (χ1v) is 4.34. The van der Waals surface area contributed by atoms with Gasteiger partial charge in [-0.05, 0) is 24.6 Å². The largest absolute Gasteiger partial charge is 0.464 e. The van der Waals surface area contributed by atoms with E-state index in [1.54, 1.807) is 12.1 Å². The predicted molar refractivity (Wildman–Crippen MR) is 52.9 cm³/mol. The van der Waals surface area contributed by atoms with Crippen LogP contribution in [0.3, 0.4) is 0 Å². The standard InChI is InChI=1S/C9H7ClN2O2/c1-5-2-8-7(3-6(5)10)11-4-12(8)9(13)14/h2-4H,1H3,(H,13,14). The van der Waals surface area contributed by atoms with Gasteiger partial charge in [0.05, 0.1) is 11.0 Å². The fourth-order valence-corrected chi connectivity index (χ4v) is 1.44. The van der Waals surface area contributed by atoms with Crippen LogP contribution in [0.2, 0.25) is 5.02 Å². The summed E-state index contributed by atoms with van der Waals surface area (Å²) < 4.78 is 1.07. The van der Waals surface area contributed by atoms with Gasteiger partial charge in [-0.2, -0.15) is 0 Å². The number of fused-ring (bicyclic) bond motifs is 1. The highest BCUT2D eigenvalue weighted by Gasteiger charge is 2.09. The summed E-state index contributed by atoms with van der Waals surface area (Å²) in [4.78, 5) is 14.7. The smallest absolute Gasteiger partial charge is 0.417 e. The Morgan fingerprint density at radius 1 is 1.57 bits per heavy atom. The average Bonchev–Trinajstić information content (AvgIpc) is 2.48. The Morgan fingerprint density at radius 2 is 2.29 bits per heavy atom. The Balaban J connectivity index is 2.80. The van der Waals surface area contributed by atoms with Crippen LogP contribution in [-0.4, -0.2) is 20.8 Å². The van der Waals surface area contributed by atoms with Crippen LogP contribution in [0.25, 0.3) is 11.0 Å². The number of aromatic nitrogens is 2. The number of rotatable bonds is 0. The van der Waals surface area contributed by atoms with Crippen molar-refractivity contribution < 1.29 is 9.90 Å². The van der Waals surface area contributed by atoms with Gasteiger partial charge in [-0.1, -0.05) is 11.6 Å². The first kappa shape index (κ1) is 9.02. The molecule has 0 aliphatic heterocycles. The molecule has 0 aliphatic rings. The lowest BCUT2D eigenvalue weighted by atomic mass is 10.2. The van der Waals surface area contributed by atoms with Crippen molar-refractivity contribution >= 4 is 28.7 Å². The number of carboxylic acid groups (broad SMARTS) is 1. The first-order valence-electron chi connectivity index (χ1n) is 3.96. The van der Waals surface area contributed by atoms with Crippen LogP contribution in [0, 0.1) is 6.92 Å². The molecule has 1 N–H and O–H groups in total. The second-order valence-electron chi connectivity index (χ2n) is 2.99. The van der Waals surface area contributed by atoms with Crippen molar-refractivity contribution in [3.05, 3.63) is 29.0 Å². The van der Waals surface area contributed by atoms with E-state index >= 15 is 0 Å². The highest BCUT2D eigenvalue weighted by molar-refractivity contribution is 6.32. The zero-order valence-electron chi connectivity index (χ0n) is 7.36. The fourth-order valence-electron chi connectivity index (χ4n) is 1.29. The highest BCUT2D eigenvalue weighted by Crippen LogP contribution is 2.22. The molecule has 0 amide bonds. The van der Waals surface area contributed by atoms with Crippen molar-refractivity contribution in [3.8, 4) is 0 Å². The third kappa shape index (κ3) is 1.24. The zero-order chi connectivity index (χ0) is 10.3. The molecule has 1 aromatic heterocycles. The third-order valence-electron chi connectivity index (χ3n) is 2.03. The van der Waals surface area contributed by atoms with E-state index in [4.69, 9.17) is 16.7 Å². The van der Waals surface area contributed by atoms with E-state index in [2.05, 4.69) is 4.98 Å². The molecule has 2 aromatic rings. The molecule has 0 fully saturated rings. The summed E-state index contributed by atoms with van der Waals surface area (Å²) in [6.45, 7) is 1.82. The second-order valence-corrected chi connectivity index (χ2v) is 3.39. The molecular weight excluding hydrogens is 204 g/mol. The molecule has 0 saturated heterocycles. The molecule has 0 radical (unpaired) electrons. The number of hydrogen-bond donors (Lipinski definition) is 1. The maximum atomic E-state index is 10.8. The van der Waals surface area contributed by atoms with E-state index in [9.17, 15) is 4.79 Å². The van der Waals surface area contributed by atoms with Crippen LogP contribution in [0.5, 0.6) is 0 Å². The zero-order valence-corrected chi connectivity index (χ0v) is 8.12. The van der Waals surface area contributed by atoms with Crippen molar-refractivity contribution in [1.82, 2.24) is 9.55 Å². The molecule has 1 heterocycles. The van der Waals surface area contributed by atoms with Crippen LogP contribution in [-0.2, 0) is 0 Å². The second kappa shape index (κ2) is 2.99. The molecule has 14 heavy (non-hydrogen) atoms. The van der Waals surface area contributed by atoms with Crippen molar-refractivity contribution in [2.45, 2.75) is 6.92 Å². The summed E-state index contributed by atoms with van der Waals surface area (Å²) in [6.07, 6.45) is 0.220. The Hall–Kier alpha value is -1.55. The van der Waals surface area contributed by atoms with Crippen LogP contribution >= 0.6 is 11.6 Å². The number of carbonyl (C=O) groups is 1. The quantitative estimate of drug-likeness (QED) is 0.727. The number of halogens is 1. The summed E-state index contributed by atoms with van der Waals surface area (Å²) in [6, 6.07) is 3.37. The molecule has 0 bridgehead atoms. The van der Waals surface area contributed by atoms with E-state index in [-0.39, 0.29) is 0 Å². The van der Waals surface area contributed by atoms with Gasteiger partial charge in [-0.3, -0.25) is 0 Å². The molecule has 0 atom stereocenters. The van der Waals surface area contributed by atoms with Crippen molar-refractivity contribution in [3.63, 3.8) is 0 Å². The molecule has 4 nitrogen and oxygen atoms in total. The van der Waals surface area contributed by atoms with E-state index < -0.39 is 6.09 Å². The number of imidazole rings is 1. The van der Waals surface area contributed by atoms with Gasteiger partial charge in [0, 0.05) is 5.02 Å².